The number of carbonyl (C=O) groups excluding carboxylic acids is 3. The summed E-state index contributed by atoms with van der Waals surface area (Å²) in [6.07, 6.45) is 48.2. The lowest BCUT2D eigenvalue weighted by Crippen LogP contribution is -2.30. The second-order valence-corrected chi connectivity index (χ2v) is 11.5. The molecule has 6 nitrogen and oxygen atoms in total. The van der Waals surface area contributed by atoms with Gasteiger partial charge in [0.1, 0.15) is 13.2 Å². The van der Waals surface area contributed by atoms with Crippen molar-refractivity contribution in [2.75, 3.05) is 13.2 Å². The molecule has 0 aromatic carbocycles. The molecule has 0 radical (unpaired) electrons. The summed E-state index contributed by atoms with van der Waals surface area (Å²) in [6, 6.07) is 0. The first-order valence-electron chi connectivity index (χ1n) is 18.5. The predicted molar refractivity (Wildman–Crippen MR) is 205 cm³/mol. The number of hydrogen-bond acceptors (Lipinski definition) is 6. The fourth-order valence-corrected chi connectivity index (χ4v) is 4.19. The molecule has 0 spiro atoms. The van der Waals surface area contributed by atoms with E-state index in [9.17, 15) is 14.4 Å². The first kappa shape index (κ1) is 45.1. The smallest absolute Gasteiger partial charge is 0.306 e. The number of carbonyl (C=O) groups is 3. The summed E-state index contributed by atoms with van der Waals surface area (Å²) >= 11 is 0. The maximum atomic E-state index is 12.5. The highest BCUT2D eigenvalue weighted by Gasteiger charge is 2.19. The molecule has 6 heteroatoms. The zero-order valence-electron chi connectivity index (χ0n) is 30.6. The van der Waals surface area contributed by atoms with Crippen LogP contribution in [-0.4, -0.2) is 37.2 Å². The summed E-state index contributed by atoms with van der Waals surface area (Å²) in [5.74, 6) is -1.10. The van der Waals surface area contributed by atoms with Crippen LogP contribution in [0.2, 0.25) is 0 Å². The topological polar surface area (TPSA) is 78.9 Å². The van der Waals surface area contributed by atoms with Gasteiger partial charge in [0.25, 0.3) is 0 Å². The van der Waals surface area contributed by atoms with Crippen molar-refractivity contribution in [3.05, 3.63) is 109 Å². The van der Waals surface area contributed by atoms with Crippen LogP contribution in [0.4, 0.5) is 0 Å². The summed E-state index contributed by atoms with van der Waals surface area (Å²) in [5, 5.41) is 0. The first-order chi connectivity index (χ1) is 24.0. The third-order valence-electron chi connectivity index (χ3n) is 6.88. The number of allylic oxidation sites excluding steroid dienone is 18. The Morgan fingerprint density at radius 3 is 1.35 bits per heavy atom. The molecule has 1 atom stereocenters. The average molecular weight is 677 g/mol. The van der Waals surface area contributed by atoms with Gasteiger partial charge in [-0.3, -0.25) is 14.4 Å². The van der Waals surface area contributed by atoms with Gasteiger partial charge in [-0.15, -0.1) is 0 Å². The van der Waals surface area contributed by atoms with Crippen LogP contribution in [-0.2, 0) is 28.6 Å². The van der Waals surface area contributed by atoms with Gasteiger partial charge in [0.05, 0.1) is 0 Å². The molecule has 272 valence electrons. The number of esters is 3. The molecule has 0 N–H and O–H groups in total. The fraction of sp³-hybridized carbons (Fsp3) is 0.512. The Morgan fingerprint density at radius 1 is 0.429 bits per heavy atom. The van der Waals surface area contributed by atoms with Crippen LogP contribution in [0.1, 0.15) is 124 Å². The van der Waals surface area contributed by atoms with Gasteiger partial charge in [-0.1, -0.05) is 130 Å². The van der Waals surface area contributed by atoms with E-state index in [1.54, 1.807) is 0 Å². The van der Waals surface area contributed by atoms with Gasteiger partial charge in [0, 0.05) is 19.3 Å². The third kappa shape index (κ3) is 35.2. The molecule has 0 heterocycles. The van der Waals surface area contributed by atoms with E-state index in [0.717, 1.165) is 64.2 Å². The van der Waals surface area contributed by atoms with Crippen LogP contribution in [0.25, 0.3) is 0 Å². The van der Waals surface area contributed by atoms with Crippen LogP contribution < -0.4 is 0 Å². The van der Waals surface area contributed by atoms with E-state index in [0.29, 0.717) is 25.7 Å². The van der Waals surface area contributed by atoms with Crippen molar-refractivity contribution in [3.8, 4) is 0 Å². The van der Waals surface area contributed by atoms with Gasteiger partial charge in [-0.2, -0.15) is 0 Å². The van der Waals surface area contributed by atoms with Gasteiger partial charge in [0.2, 0.25) is 0 Å². The number of rotatable bonds is 30. The molecule has 0 rings (SSSR count). The fourth-order valence-electron chi connectivity index (χ4n) is 4.19. The monoisotopic (exact) mass is 676 g/mol. The van der Waals surface area contributed by atoms with E-state index in [1.807, 2.05) is 54.7 Å². The van der Waals surface area contributed by atoms with E-state index in [1.165, 1.54) is 0 Å². The Morgan fingerprint density at radius 2 is 0.837 bits per heavy atom. The minimum Gasteiger partial charge on any atom is -0.462 e. The van der Waals surface area contributed by atoms with Crippen molar-refractivity contribution in [1.29, 1.82) is 0 Å². The molecule has 0 aliphatic rings. The summed E-state index contributed by atoms with van der Waals surface area (Å²) in [6.45, 7) is 6.05. The van der Waals surface area contributed by atoms with Gasteiger partial charge in [-0.25, -0.2) is 0 Å². The summed E-state index contributed by atoms with van der Waals surface area (Å²) in [7, 11) is 0. The minimum absolute atomic E-state index is 0.135. The van der Waals surface area contributed by atoms with Crippen LogP contribution in [0.5, 0.6) is 0 Å². The molecule has 0 aromatic heterocycles. The first-order valence-corrected chi connectivity index (χ1v) is 18.5. The lowest BCUT2D eigenvalue weighted by Gasteiger charge is -2.18. The molecular formula is C43H64O6. The average Bonchev–Trinajstić information content (AvgIpc) is 3.10. The zero-order chi connectivity index (χ0) is 35.9. The van der Waals surface area contributed by atoms with Crippen molar-refractivity contribution >= 4 is 17.9 Å². The van der Waals surface area contributed by atoms with Crippen molar-refractivity contribution < 1.29 is 28.6 Å². The molecule has 1 unspecified atom stereocenters. The molecule has 0 aromatic rings. The van der Waals surface area contributed by atoms with E-state index in [2.05, 4.69) is 75.5 Å². The van der Waals surface area contributed by atoms with Gasteiger partial charge in [0.15, 0.2) is 6.10 Å². The second-order valence-electron chi connectivity index (χ2n) is 11.5. The van der Waals surface area contributed by atoms with E-state index >= 15 is 0 Å². The maximum Gasteiger partial charge on any atom is 0.306 e. The SMILES string of the molecule is CC\C=C/C=C\C=C/C=C\C=C/CCCC(=O)OCC(COC(=O)CCCC/C=C\C/C=C\CC)OC(=O)CCCC/C=C\C/C=C\CC. The Labute approximate surface area is 298 Å². The maximum absolute atomic E-state index is 12.5. The Balaban J connectivity index is 4.62. The molecule has 0 saturated carbocycles. The van der Waals surface area contributed by atoms with Crippen molar-refractivity contribution in [1.82, 2.24) is 0 Å². The Hall–Kier alpha value is -3.93. The van der Waals surface area contributed by atoms with Crippen LogP contribution in [0.15, 0.2) is 109 Å². The van der Waals surface area contributed by atoms with Crippen LogP contribution in [0, 0.1) is 0 Å². The molecule has 0 bridgehead atoms. The quantitative estimate of drug-likeness (QED) is 0.0248. The molecule has 0 fully saturated rings. The van der Waals surface area contributed by atoms with Crippen molar-refractivity contribution in [2.45, 2.75) is 130 Å². The van der Waals surface area contributed by atoms with E-state index in [-0.39, 0.29) is 44.0 Å². The normalized spacial score (nSPS) is 13.3. The molecule has 0 amide bonds. The van der Waals surface area contributed by atoms with Crippen LogP contribution in [0.3, 0.4) is 0 Å². The summed E-state index contributed by atoms with van der Waals surface area (Å²) in [5.41, 5.74) is 0. The van der Waals surface area contributed by atoms with Gasteiger partial charge >= 0.3 is 17.9 Å². The summed E-state index contributed by atoms with van der Waals surface area (Å²) in [4.78, 5) is 37.3. The molecule has 0 saturated heterocycles. The van der Waals surface area contributed by atoms with Crippen molar-refractivity contribution in [2.24, 2.45) is 0 Å². The number of ether oxygens (including phenoxy) is 3. The standard InChI is InChI=1S/C43H64O6/c1-4-7-10-13-16-19-20-21-22-25-27-30-33-36-42(45)48-39-40(49-43(46)37-34-31-28-24-18-15-12-9-6-3)38-47-41(44)35-32-29-26-23-17-14-11-8-5-2/h7-13,16-25,27,40H,4-6,14-15,26,28-39H2,1-3H3/b10-7-,11-8-,12-9-,16-13-,20-19-,22-21-,23-17-,24-18-,27-25-. The number of hydrogen-bond donors (Lipinski definition) is 0. The third-order valence-corrected chi connectivity index (χ3v) is 6.88. The van der Waals surface area contributed by atoms with Gasteiger partial charge in [-0.05, 0) is 83.5 Å². The van der Waals surface area contributed by atoms with Gasteiger partial charge < -0.3 is 14.2 Å². The summed E-state index contributed by atoms with van der Waals surface area (Å²) < 4.78 is 16.4. The zero-order valence-corrected chi connectivity index (χ0v) is 30.6. The molecule has 49 heavy (non-hydrogen) atoms. The van der Waals surface area contributed by atoms with E-state index in [4.69, 9.17) is 14.2 Å². The molecular weight excluding hydrogens is 612 g/mol. The largest absolute Gasteiger partial charge is 0.462 e. The molecule has 0 aliphatic heterocycles. The van der Waals surface area contributed by atoms with Crippen molar-refractivity contribution in [3.63, 3.8) is 0 Å². The minimum atomic E-state index is -0.833. The predicted octanol–water partition coefficient (Wildman–Crippen LogP) is 11.3. The lowest BCUT2D eigenvalue weighted by molar-refractivity contribution is -0.167. The Bertz CT molecular complexity index is 1100. The highest BCUT2D eigenvalue weighted by molar-refractivity contribution is 5.71. The molecule has 0 aliphatic carbocycles. The highest BCUT2D eigenvalue weighted by Crippen LogP contribution is 2.09. The number of unbranched alkanes of at least 4 members (excludes halogenated alkanes) is 5. The lowest BCUT2D eigenvalue weighted by atomic mass is 10.2. The van der Waals surface area contributed by atoms with E-state index < -0.39 is 6.10 Å². The Kier molecular flexibility index (Phi) is 33.9. The second kappa shape index (κ2) is 36.9. The highest BCUT2D eigenvalue weighted by atomic mass is 16.6. The van der Waals surface area contributed by atoms with Crippen LogP contribution >= 0.6 is 0 Å².